The van der Waals surface area contributed by atoms with Gasteiger partial charge in [-0.1, -0.05) is 71.4 Å². The second-order valence-electron chi connectivity index (χ2n) is 9.05. The molecule has 4 aromatic rings. The molecule has 1 aromatic heterocycles. The Hall–Kier alpha value is -4.09. The third-order valence-electron chi connectivity index (χ3n) is 6.07. The van der Waals surface area contributed by atoms with Crippen LogP contribution in [0.15, 0.2) is 82.4 Å². The van der Waals surface area contributed by atoms with E-state index in [1.165, 1.54) is 11.8 Å². The number of ether oxygens (including phenoxy) is 2. The molecule has 1 heterocycles. The number of amides is 2. The number of hydrogen-bond donors (Lipinski definition) is 2. The fourth-order valence-electron chi connectivity index (χ4n) is 3.68. The van der Waals surface area contributed by atoms with Crippen LogP contribution in [0.5, 0.6) is 11.5 Å². The van der Waals surface area contributed by atoms with Crippen LogP contribution < -0.4 is 20.2 Å². The quantitative estimate of drug-likeness (QED) is 0.102. The summed E-state index contributed by atoms with van der Waals surface area (Å²) in [6, 6.07) is 22.4. The third-order valence-corrected chi connectivity index (χ3v) is 7.40. The highest BCUT2D eigenvalue weighted by molar-refractivity contribution is 9.10. The van der Waals surface area contributed by atoms with Crippen molar-refractivity contribution in [2.24, 2.45) is 5.10 Å². The predicted octanol–water partition coefficient (Wildman–Crippen LogP) is 6.22. The van der Waals surface area contributed by atoms with E-state index in [0.717, 1.165) is 28.0 Å². The Morgan fingerprint density at radius 3 is 2.54 bits per heavy atom. The summed E-state index contributed by atoms with van der Waals surface area (Å²) in [7, 11) is 0. The van der Waals surface area contributed by atoms with Crippen molar-refractivity contribution in [3.63, 3.8) is 0 Å². The van der Waals surface area contributed by atoms with Crippen LogP contribution in [-0.4, -0.2) is 41.4 Å². The summed E-state index contributed by atoms with van der Waals surface area (Å²) in [5.41, 5.74) is 4.97. The SMILES string of the molecule is CCC(C)c1ccc(OCCOc2ccc(Br)cc2/C=N/NC(=O)Cc2nnc(NC(=O)c3ccccc3)s2)cc1. The Morgan fingerprint density at radius 2 is 1.78 bits per heavy atom. The monoisotopic (exact) mass is 635 g/mol. The largest absolute Gasteiger partial charge is 0.490 e. The molecule has 9 nitrogen and oxygen atoms in total. The maximum atomic E-state index is 12.4. The molecule has 0 saturated heterocycles. The molecule has 3 aromatic carbocycles. The first-order chi connectivity index (χ1) is 19.9. The van der Waals surface area contributed by atoms with E-state index in [4.69, 9.17) is 9.47 Å². The number of aromatic nitrogens is 2. The number of carbonyl (C=O) groups is 2. The molecule has 0 fully saturated rings. The molecule has 0 aliphatic rings. The highest BCUT2D eigenvalue weighted by Gasteiger charge is 2.12. The van der Waals surface area contributed by atoms with Crippen molar-refractivity contribution in [2.45, 2.75) is 32.6 Å². The fraction of sp³-hybridized carbons (Fsp3) is 0.233. The number of hydrazone groups is 1. The molecule has 11 heteroatoms. The Kier molecular flexibility index (Phi) is 11.0. The van der Waals surface area contributed by atoms with Crippen LogP contribution in [0.1, 0.15) is 52.7 Å². The number of nitrogens with one attached hydrogen (secondary N) is 2. The Morgan fingerprint density at radius 1 is 1.02 bits per heavy atom. The van der Waals surface area contributed by atoms with E-state index in [0.29, 0.717) is 46.1 Å². The summed E-state index contributed by atoms with van der Waals surface area (Å²) < 4.78 is 12.6. The number of anilines is 1. The number of carbonyl (C=O) groups excluding carboxylic acids is 2. The van der Waals surface area contributed by atoms with Crippen LogP contribution in [0, 0.1) is 0 Å². The highest BCUT2D eigenvalue weighted by Crippen LogP contribution is 2.23. The standard InChI is InChI=1S/C30H30BrN5O4S/c1-3-20(2)21-9-12-25(13-10-21)39-15-16-40-26-14-11-24(31)17-23(26)19-32-34-27(37)18-28-35-36-30(41-28)33-29(38)22-7-5-4-6-8-22/h4-14,17,19-20H,3,15-16,18H2,1-2H3,(H,34,37)(H,33,36,38)/b32-19+. The summed E-state index contributed by atoms with van der Waals surface area (Å²) >= 11 is 4.58. The summed E-state index contributed by atoms with van der Waals surface area (Å²) in [6.45, 7) is 5.09. The topological polar surface area (TPSA) is 115 Å². The second-order valence-corrected chi connectivity index (χ2v) is 11.0. The van der Waals surface area contributed by atoms with Crippen molar-refractivity contribution < 1.29 is 19.1 Å². The maximum absolute atomic E-state index is 12.4. The molecule has 0 radical (unpaired) electrons. The normalized spacial score (nSPS) is 11.7. The van der Waals surface area contributed by atoms with Gasteiger partial charge in [0.05, 0.1) is 12.6 Å². The number of rotatable bonds is 13. The summed E-state index contributed by atoms with van der Waals surface area (Å²) in [4.78, 5) is 24.7. The van der Waals surface area contributed by atoms with Crippen molar-refractivity contribution in [2.75, 3.05) is 18.5 Å². The zero-order valence-corrected chi connectivity index (χ0v) is 25.1. The molecule has 2 N–H and O–H groups in total. The lowest BCUT2D eigenvalue weighted by molar-refractivity contribution is -0.120. The number of hydrogen-bond acceptors (Lipinski definition) is 8. The minimum Gasteiger partial charge on any atom is -0.490 e. The van der Waals surface area contributed by atoms with Crippen molar-refractivity contribution in [1.29, 1.82) is 0 Å². The van der Waals surface area contributed by atoms with Crippen LogP contribution >= 0.6 is 27.3 Å². The average Bonchev–Trinajstić information content (AvgIpc) is 3.42. The molecule has 2 amide bonds. The second kappa shape index (κ2) is 15.1. The van der Waals surface area contributed by atoms with E-state index >= 15 is 0 Å². The third kappa shape index (κ3) is 9.22. The van der Waals surface area contributed by atoms with E-state index in [1.807, 2.05) is 36.4 Å². The van der Waals surface area contributed by atoms with Crippen molar-refractivity contribution in [3.05, 3.63) is 99.0 Å². The lowest BCUT2D eigenvalue weighted by atomic mass is 9.99. The molecule has 0 aliphatic heterocycles. The van der Waals surface area contributed by atoms with Gasteiger partial charge in [0.2, 0.25) is 11.0 Å². The first-order valence-corrected chi connectivity index (χ1v) is 14.7. The fourth-order valence-corrected chi connectivity index (χ4v) is 4.79. The first-order valence-electron chi connectivity index (χ1n) is 13.1. The van der Waals surface area contributed by atoms with Gasteiger partial charge >= 0.3 is 0 Å². The lowest BCUT2D eigenvalue weighted by Crippen LogP contribution is -2.19. The van der Waals surface area contributed by atoms with Crippen LogP contribution in [-0.2, 0) is 11.2 Å². The summed E-state index contributed by atoms with van der Waals surface area (Å²) in [6.07, 6.45) is 2.57. The first kappa shape index (κ1) is 29.9. The van der Waals surface area contributed by atoms with E-state index in [1.54, 1.807) is 24.3 Å². The van der Waals surface area contributed by atoms with Gasteiger partial charge in [-0.25, -0.2) is 5.43 Å². The van der Waals surface area contributed by atoms with Gasteiger partial charge in [0.1, 0.15) is 29.7 Å². The molecule has 0 spiro atoms. The molecule has 0 saturated carbocycles. The number of halogens is 1. The molecule has 41 heavy (non-hydrogen) atoms. The molecule has 1 atom stereocenters. The maximum Gasteiger partial charge on any atom is 0.257 e. The smallest absolute Gasteiger partial charge is 0.257 e. The average molecular weight is 637 g/mol. The summed E-state index contributed by atoms with van der Waals surface area (Å²) in [5.74, 6) is 1.25. The van der Waals surface area contributed by atoms with Crippen molar-refractivity contribution >= 4 is 50.4 Å². The Labute approximate surface area is 251 Å². The molecule has 0 aliphatic carbocycles. The van der Waals surface area contributed by atoms with E-state index in [2.05, 4.69) is 68.0 Å². The zero-order chi connectivity index (χ0) is 29.0. The molecular formula is C30H30BrN5O4S. The number of nitrogens with zero attached hydrogens (tertiary/aromatic N) is 3. The molecule has 0 bridgehead atoms. The van der Waals surface area contributed by atoms with Crippen LogP contribution in [0.4, 0.5) is 5.13 Å². The minimum atomic E-state index is -0.372. The summed E-state index contributed by atoms with van der Waals surface area (Å²) in [5, 5.41) is 15.4. The van der Waals surface area contributed by atoms with Crippen molar-refractivity contribution in [1.82, 2.24) is 15.6 Å². The van der Waals surface area contributed by atoms with Gasteiger partial charge in [-0.3, -0.25) is 14.9 Å². The van der Waals surface area contributed by atoms with Gasteiger partial charge in [-0.2, -0.15) is 5.10 Å². The predicted molar refractivity (Wildman–Crippen MR) is 164 cm³/mol. The van der Waals surface area contributed by atoms with Crippen LogP contribution in [0.3, 0.4) is 0 Å². The zero-order valence-electron chi connectivity index (χ0n) is 22.7. The lowest BCUT2D eigenvalue weighted by Gasteiger charge is -2.12. The molecule has 4 rings (SSSR count). The van der Waals surface area contributed by atoms with Gasteiger partial charge in [0.25, 0.3) is 5.91 Å². The van der Waals surface area contributed by atoms with E-state index in [-0.39, 0.29) is 18.2 Å². The highest BCUT2D eigenvalue weighted by atomic mass is 79.9. The van der Waals surface area contributed by atoms with Crippen LogP contribution in [0.25, 0.3) is 0 Å². The Balaban J connectivity index is 1.24. The minimum absolute atomic E-state index is 0.0340. The van der Waals surface area contributed by atoms with Crippen LogP contribution in [0.2, 0.25) is 0 Å². The van der Waals surface area contributed by atoms with Gasteiger partial charge in [-0.05, 0) is 60.4 Å². The molecular weight excluding hydrogens is 606 g/mol. The number of benzene rings is 3. The Bertz CT molecular complexity index is 1480. The van der Waals surface area contributed by atoms with E-state index < -0.39 is 0 Å². The van der Waals surface area contributed by atoms with Gasteiger partial charge in [0.15, 0.2) is 0 Å². The van der Waals surface area contributed by atoms with Gasteiger partial charge < -0.3 is 9.47 Å². The molecule has 1 unspecified atom stereocenters. The molecule has 212 valence electrons. The van der Waals surface area contributed by atoms with Gasteiger partial charge in [-0.15, -0.1) is 10.2 Å². The van der Waals surface area contributed by atoms with Crippen molar-refractivity contribution in [3.8, 4) is 11.5 Å². The van der Waals surface area contributed by atoms with E-state index in [9.17, 15) is 9.59 Å². The van der Waals surface area contributed by atoms with Gasteiger partial charge in [0, 0.05) is 15.6 Å².